The minimum atomic E-state index is -1.14. The average Bonchev–Trinajstić information content (AvgIpc) is 2.57. The molecule has 2 aromatic rings. The van der Waals surface area contributed by atoms with Gasteiger partial charge in [-0.05, 0) is 49.6 Å². The van der Waals surface area contributed by atoms with E-state index in [0.717, 1.165) is 22.3 Å². The van der Waals surface area contributed by atoms with E-state index in [9.17, 15) is 15.0 Å². The number of fused-ring (bicyclic) bond motifs is 1. The van der Waals surface area contributed by atoms with Crippen molar-refractivity contribution in [2.24, 2.45) is 5.41 Å². The predicted octanol–water partition coefficient (Wildman–Crippen LogP) is 3.64. The number of piperidine rings is 1. The number of carbonyl (C=O) groups is 1. The quantitative estimate of drug-likeness (QED) is 0.868. The number of anilines is 1. The first kappa shape index (κ1) is 18.0. The summed E-state index contributed by atoms with van der Waals surface area (Å²) in [4.78, 5) is 18.6. The molecule has 1 aliphatic heterocycles. The maximum absolute atomic E-state index is 11.9. The van der Waals surface area contributed by atoms with Gasteiger partial charge in [-0.2, -0.15) is 0 Å². The highest BCUT2D eigenvalue weighted by Crippen LogP contribution is 2.37. The number of hydrogen-bond acceptors (Lipinski definition) is 4. The number of aliphatic hydroxyl groups excluding tert-OH is 1. The van der Waals surface area contributed by atoms with Crippen LogP contribution >= 0.6 is 11.6 Å². The molecule has 0 amide bonds. The summed E-state index contributed by atoms with van der Waals surface area (Å²) in [6.45, 7) is 4.80. The van der Waals surface area contributed by atoms with Crippen LogP contribution in [-0.2, 0) is 4.79 Å². The van der Waals surface area contributed by atoms with Crippen LogP contribution in [-0.4, -0.2) is 40.4 Å². The zero-order chi connectivity index (χ0) is 18.2. The van der Waals surface area contributed by atoms with Crippen molar-refractivity contribution in [2.45, 2.75) is 39.2 Å². The number of aryl methyl sites for hydroxylation is 1. The Morgan fingerprint density at radius 1 is 1.44 bits per heavy atom. The van der Waals surface area contributed by atoms with Gasteiger partial charge in [0.2, 0.25) is 0 Å². The van der Waals surface area contributed by atoms with Crippen LogP contribution in [0.4, 0.5) is 5.82 Å². The molecule has 0 spiro atoms. The molecule has 25 heavy (non-hydrogen) atoms. The summed E-state index contributed by atoms with van der Waals surface area (Å²) >= 11 is 6.07. The first-order chi connectivity index (χ1) is 11.9. The summed E-state index contributed by atoms with van der Waals surface area (Å²) in [5.74, 6) is -0.184. The first-order valence-electron chi connectivity index (χ1n) is 8.60. The smallest absolute Gasteiger partial charge is 0.314 e. The Morgan fingerprint density at radius 2 is 2.20 bits per heavy atom. The Balaban J connectivity index is 2.00. The summed E-state index contributed by atoms with van der Waals surface area (Å²) < 4.78 is 0. The molecule has 0 radical (unpaired) electrons. The first-order valence-corrected chi connectivity index (χ1v) is 8.98. The van der Waals surface area contributed by atoms with Crippen molar-refractivity contribution in [2.75, 3.05) is 18.0 Å². The lowest BCUT2D eigenvalue weighted by molar-refractivity contribution is -0.158. The van der Waals surface area contributed by atoms with E-state index in [-0.39, 0.29) is 6.54 Å². The zero-order valence-corrected chi connectivity index (χ0v) is 15.3. The van der Waals surface area contributed by atoms with Crippen molar-refractivity contribution in [3.05, 3.63) is 34.9 Å². The molecular formula is C19H23ClN2O3. The average molecular weight is 363 g/mol. The molecule has 5 nitrogen and oxygen atoms in total. The Labute approximate surface area is 152 Å². The van der Waals surface area contributed by atoms with Crippen LogP contribution in [0.2, 0.25) is 5.02 Å². The van der Waals surface area contributed by atoms with Crippen LogP contribution < -0.4 is 4.90 Å². The van der Waals surface area contributed by atoms with Gasteiger partial charge < -0.3 is 15.1 Å². The molecule has 1 fully saturated rings. The van der Waals surface area contributed by atoms with E-state index in [2.05, 4.69) is 0 Å². The molecule has 0 bridgehead atoms. The fraction of sp³-hybridized carbons (Fsp3) is 0.474. The number of nitrogens with zero attached hydrogens (tertiary/aromatic N) is 2. The van der Waals surface area contributed by atoms with Crippen molar-refractivity contribution in [1.82, 2.24) is 4.98 Å². The molecule has 134 valence electrons. The van der Waals surface area contributed by atoms with E-state index < -0.39 is 17.5 Å². The maximum Gasteiger partial charge on any atom is 0.314 e. The summed E-state index contributed by atoms with van der Waals surface area (Å²) in [7, 11) is 0. The van der Waals surface area contributed by atoms with Gasteiger partial charge >= 0.3 is 5.97 Å². The largest absolute Gasteiger partial charge is 0.481 e. The number of aromatic nitrogens is 1. The molecule has 1 aromatic heterocycles. The van der Waals surface area contributed by atoms with Gasteiger partial charge in [-0.1, -0.05) is 24.9 Å². The van der Waals surface area contributed by atoms with E-state index in [0.29, 0.717) is 30.8 Å². The molecule has 2 N–H and O–H groups in total. The third-order valence-electron chi connectivity index (χ3n) is 5.19. The number of carboxylic acid groups (broad SMARTS) is 1. The van der Waals surface area contributed by atoms with Crippen LogP contribution in [0.25, 0.3) is 10.9 Å². The Morgan fingerprint density at radius 3 is 2.88 bits per heavy atom. The highest BCUT2D eigenvalue weighted by Gasteiger charge is 2.48. The van der Waals surface area contributed by atoms with Crippen molar-refractivity contribution in [3.63, 3.8) is 0 Å². The van der Waals surface area contributed by atoms with Crippen molar-refractivity contribution < 1.29 is 15.0 Å². The molecule has 2 atom stereocenters. The normalized spacial score (nSPS) is 23.8. The third kappa shape index (κ3) is 3.18. The van der Waals surface area contributed by atoms with E-state index in [1.54, 1.807) is 6.07 Å². The maximum atomic E-state index is 11.9. The third-order valence-corrected chi connectivity index (χ3v) is 5.43. The summed E-state index contributed by atoms with van der Waals surface area (Å²) in [6.07, 6.45) is 0.745. The van der Waals surface area contributed by atoms with E-state index in [1.165, 1.54) is 0 Å². The Bertz CT molecular complexity index is 811. The fourth-order valence-electron chi connectivity index (χ4n) is 3.79. The number of rotatable bonds is 4. The highest BCUT2D eigenvalue weighted by molar-refractivity contribution is 6.31. The number of halogens is 1. The molecule has 1 saturated heterocycles. The second-order valence-electron chi connectivity index (χ2n) is 6.90. The van der Waals surface area contributed by atoms with E-state index >= 15 is 0 Å². The molecule has 2 heterocycles. The summed E-state index contributed by atoms with van der Waals surface area (Å²) in [6, 6.07) is 7.54. The standard InChI is InChI=1S/C19H23ClN2O3/c1-3-7-19(18(24)25)11-22(8-6-16(19)23)17-9-12(2)14-10-13(20)4-5-15(14)21-17/h4-5,9-10,16,23H,3,6-8,11H2,1-2H3,(H,24,25)/t16-,19-/m0/s1. The molecule has 3 rings (SSSR count). The van der Waals surface area contributed by atoms with Gasteiger partial charge in [-0.15, -0.1) is 0 Å². The minimum Gasteiger partial charge on any atom is -0.481 e. The highest BCUT2D eigenvalue weighted by atomic mass is 35.5. The zero-order valence-electron chi connectivity index (χ0n) is 14.5. The van der Waals surface area contributed by atoms with Crippen LogP contribution in [0.15, 0.2) is 24.3 Å². The van der Waals surface area contributed by atoms with Crippen LogP contribution in [0, 0.1) is 12.3 Å². The van der Waals surface area contributed by atoms with Gasteiger partial charge in [0, 0.05) is 23.5 Å². The lowest BCUT2D eigenvalue weighted by Crippen LogP contribution is -2.56. The number of pyridine rings is 1. The molecular weight excluding hydrogens is 340 g/mol. The molecule has 0 saturated carbocycles. The van der Waals surface area contributed by atoms with Gasteiger partial charge in [-0.25, -0.2) is 4.98 Å². The van der Waals surface area contributed by atoms with E-state index in [1.807, 2.05) is 36.9 Å². The minimum absolute atomic E-state index is 0.267. The number of hydrogen-bond donors (Lipinski definition) is 2. The van der Waals surface area contributed by atoms with Gasteiger partial charge in [0.1, 0.15) is 11.2 Å². The second kappa shape index (κ2) is 6.81. The molecule has 6 heteroatoms. The van der Waals surface area contributed by atoms with Crippen LogP contribution in [0.5, 0.6) is 0 Å². The van der Waals surface area contributed by atoms with Gasteiger partial charge in [-0.3, -0.25) is 4.79 Å². The Hall–Kier alpha value is -1.85. The Kier molecular flexibility index (Phi) is 4.89. The van der Waals surface area contributed by atoms with Gasteiger partial charge in [0.15, 0.2) is 0 Å². The molecule has 0 unspecified atom stereocenters. The monoisotopic (exact) mass is 362 g/mol. The lowest BCUT2D eigenvalue weighted by Gasteiger charge is -2.44. The van der Waals surface area contributed by atoms with Crippen molar-refractivity contribution in [1.29, 1.82) is 0 Å². The van der Waals surface area contributed by atoms with Crippen molar-refractivity contribution >= 4 is 34.3 Å². The topological polar surface area (TPSA) is 73.7 Å². The van der Waals surface area contributed by atoms with Crippen LogP contribution in [0.3, 0.4) is 0 Å². The molecule has 0 aliphatic carbocycles. The number of benzene rings is 1. The molecule has 1 aliphatic rings. The predicted molar refractivity (Wildman–Crippen MR) is 99.3 cm³/mol. The van der Waals surface area contributed by atoms with Gasteiger partial charge in [0.05, 0.1) is 11.6 Å². The summed E-state index contributed by atoms with van der Waals surface area (Å²) in [5, 5.41) is 21.8. The van der Waals surface area contributed by atoms with Crippen molar-refractivity contribution in [3.8, 4) is 0 Å². The lowest BCUT2D eigenvalue weighted by atomic mass is 9.74. The summed E-state index contributed by atoms with van der Waals surface area (Å²) in [5.41, 5.74) is 0.740. The number of carboxylic acids is 1. The number of aliphatic hydroxyl groups is 1. The fourth-order valence-corrected chi connectivity index (χ4v) is 3.97. The number of aliphatic carboxylic acids is 1. The molecule has 1 aromatic carbocycles. The van der Waals surface area contributed by atoms with Crippen LogP contribution in [0.1, 0.15) is 31.7 Å². The SMILES string of the molecule is CCC[C@]1(C(=O)O)CN(c2cc(C)c3cc(Cl)ccc3n2)CC[C@@H]1O. The second-order valence-corrected chi connectivity index (χ2v) is 7.33. The van der Waals surface area contributed by atoms with E-state index in [4.69, 9.17) is 16.6 Å². The van der Waals surface area contributed by atoms with Gasteiger partial charge in [0.25, 0.3) is 0 Å².